The highest BCUT2D eigenvalue weighted by Gasteiger charge is 2.16. The Morgan fingerprint density at radius 2 is 0.632 bits per heavy atom. The minimum atomic E-state index is -0.794. The molecule has 0 fully saturated rings. The summed E-state index contributed by atoms with van der Waals surface area (Å²) < 4.78 is 10.7. The third kappa shape index (κ3) is 55.2. The van der Waals surface area contributed by atoms with Gasteiger partial charge in [-0.15, -0.1) is 0 Å². The van der Waals surface area contributed by atoms with E-state index in [1.165, 1.54) is 128 Å². The summed E-state index contributed by atoms with van der Waals surface area (Å²) in [6.07, 6.45) is 83.4. The van der Waals surface area contributed by atoms with E-state index in [0.717, 1.165) is 103 Å². The van der Waals surface area contributed by atoms with E-state index in [0.29, 0.717) is 12.8 Å². The molecule has 0 aromatic carbocycles. The number of carbonyl (C=O) groups excluding carboxylic acids is 2. The highest BCUT2D eigenvalue weighted by molar-refractivity contribution is 5.70. The molecule has 5 nitrogen and oxygen atoms in total. The summed E-state index contributed by atoms with van der Waals surface area (Å²) in [4.78, 5) is 24.5. The van der Waals surface area contributed by atoms with Gasteiger partial charge in [0.2, 0.25) is 0 Å². The van der Waals surface area contributed by atoms with Crippen molar-refractivity contribution in [1.82, 2.24) is 0 Å². The Labute approximate surface area is 421 Å². The van der Waals surface area contributed by atoms with E-state index in [-0.39, 0.29) is 25.2 Å². The number of allylic oxidation sites excluding steroid dienone is 18. The number of esters is 2. The van der Waals surface area contributed by atoms with Crippen molar-refractivity contribution in [3.05, 3.63) is 109 Å². The van der Waals surface area contributed by atoms with E-state index in [9.17, 15) is 14.7 Å². The fourth-order valence-electron chi connectivity index (χ4n) is 7.80. The zero-order valence-electron chi connectivity index (χ0n) is 44.3. The van der Waals surface area contributed by atoms with Gasteiger partial charge in [-0.1, -0.05) is 252 Å². The van der Waals surface area contributed by atoms with Gasteiger partial charge in [0, 0.05) is 12.8 Å². The van der Waals surface area contributed by atoms with Crippen LogP contribution in [0, 0.1) is 0 Å². The first kappa shape index (κ1) is 64.6. The molecule has 1 atom stereocenters. The van der Waals surface area contributed by atoms with Crippen molar-refractivity contribution >= 4 is 11.9 Å². The van der Waals surface area contributed by atoms with Gasteiger partial charge in [0.25, 0.3) is 0 Å². The predicted molar refractivity (Wildman–Crippen MR) is 297 cm³/mol. The zero-order chi connectivity index (χ0) is 49.2. The Morgan fingerprint density at radius 1 is 0.353 bits per heavy atom. The molecular weight excluding hydrogens is 837 g/mol. The molecule has 0 aromatic heterocycles. The molecule has 0 bridgehead atoms. The number of unbranched alkanes of at least 4 members (excludes halogenated alkanes) is 25. The van der Waals surface area contributed by atoms with Gasteiger partial charge in [0.15, 0.2) is 6.10 Å². The number of rotatable bonds is 51. The molecule has 0 aliphatic carbocycles. The van der Waals surface area contributed by atoms with Crippen LogP contribution in [0.25, 0.3) is 0 Å². The zero-order valence-corrected chi connectivity index (χ0v) is 44.3. The van der Waals surface area contributed by atoms with Crippen LogP contribution in [0.5, 0.6) is 0 Å². The van der Waals surface area contributed by atoms with Crippen LogP contribution in [0.2, 0.25) is 0 Å². The maximum Gasteiger partial charge on any atom is 0.306 e. The van der Waals surface area contributed by atoms with Gasteiger partial charge >= 0.3 is 11.9 Å². The third-order valence-electron chi connectivity index (χ3n) is 12.1. The predicted octanol–water partition coefficient (Wildman–Crippen LogP) is 19.3. The second kappa shape index (κ2) is 57.9. The van der Waals surface area contributed by atoms with Crippen LogP contribution in [-0.2, 0) is 19.1 Å². The van der Waals surface area contributed by atoms with E-state index < -0.39 is 6.10 Å². The van der Waals surface area contributed by atoms with Gasteiger partial charge in [-0.3, -0.25) is 9.59 Å². The average Bonchev–Trinajstić information content (AvgIpc) is 3.34. The third-order valence-corrected chi connectivity index (χ3v) is 12.1. The minimum absolute atomic E-state index is 0.0815. The molecule has 0 radical (unpaired) electrons. The average molecular weight is 944 g/mol. The normalized spacial score (nSPS) is 13.0. The first-order valence-electron chi connectivity index (χ1n) is 28.4. The van der Waals surface area contributed by atoms with Crippen molar-refractivity contribution in [3.63, 3.8) is 0 Å². The smallest absolute Gasteiger partial charge is 0.306 e. The molecule has 0 aromatic rings. The lowest BCUT2D eigenvalue weighted by molar-refractivity contribution is -0.161. The first-order chi connectivity index (χ1) is 33.6. The van der Waals surface area contributed by atoms with Gasteiger partial charge in [-0.25, -0.2) is 0 Å². The Kier molecular flexibility index (Phi) is 54.9. The Hall–Kier alpha value is -3.44. The largest absolute Gasteiger partial charge is 0.462 e. The van der Waals surface area contributed by atoms with Crippen molar-refractivity contribution in [2.45, 2.75) is 264 Å². The van der Waals surface area contributed by atoms with Crippen LogP contribution in [-0.4, -0.2) is 36.4 Å². The molecule has 388 valence electrons. The summed E-state index contributed by atoms with van der Waals surface area (Å²) in [6, 6.07) is 0. The molecule has 0 aliphatic rings. The van der Waals surface area contributed by atoms with Crippen molar-refractivity contribution in [2.24, 2.45) is 0 Å². The number of hydrogen-bond donors (Lipinski definition) is 1. The van der Waals surface area contributed by atoms with Gasteiger partial charge in [-0.2, -0.15) is 0 Å². The molecule has 0 rings (SSSR count). The molecule has 0 spiro atoms. The van der Waals surface area contributed by atoms with E-state index in [1.54, 1.807) is 0 Å². The molecule has 0 heterocycles. The van der Waals surface area contributed by atoms with Crippen LogP contribution in [0.4, 0.5) is 0 Å². The van der Waals surface area contributed by atoms with Crippen LogP contribution in [0.3, 0.4) is 0 Å². The highest BCUT2D eigenvalue weighted by Crippen LogP contribution is 2.15. The Balaban J connectivity index is 3.59. The summed E-state index contributed by atoms with van der Waals surface area (Å²) in [6.45, 7) is 4.02. The summed E-state index contributed by atoms with van der Waals surface area (Å²) in [5, 5.41) is 9.65. The standard InChI is InChI=1S/C63H106O5/c1-3-5-7-9-11-13-15-17-19-21-23-25-27-29-30-31-32-34-36-38-40-42-44-46-48-50-52-54-56-58-63(66)68-61(59-64)60-67-62(65)57-55-53-51-49-47-45-43-41-39-37-35-33-28-26-24-22-20-18-16-14-12-10-8-6-4-2/h5,7,11,13,17,19,22-25,29-30,32,34,38,40,44,46,61,64H,3-4,6,8-10,12,14-16,18,20-21,26-28,31,33,35-37,39,41-43,45,47-60H2,1-2H3/b7-5-,13-11-,19-17-,24-22-,25-23-,30-29-,34-32-,40-38-,46-44-. The van der Waals surface area contributed by atoms with Crippen molar-refractivity contribution < 1.29 is 24.2 Å². The lowest BCUT2D eigenvalue weighted by atomic mass is 10.0. The topological polar surface area (TPSA) is 72.8 Å². The number of aliphatic hydroxyl groups excluding tert-OH is 1. The van der Waals surface area contributed by atoms with Crippen LogP contribution < -0.4 is 0 Å². The maximum absolute atomic E-state index is 12.3. The molecule has 0 amide bonds. The molecular formula is C63H106O5. The second-order valence-electron chi connectivity index (χ2n) is 18.6. The highest BCUT2D eigenvalue weighted by atomic mass is 16.6. The summed E-state index contributed by atoms with van der Waals surface area (Å²) >= 11 is 0. The Morgan fingerprint density at radius 3 is 0.971 bits per heavy atom. The second-order valence-corrected chi connectivity index (χ2v) is 18.6. The van der Waals surface area contributed by atoms with Gasteiger partial charge in [0.05, 0.1) is 6.61 Å². The van der Waals surface area contributed by atoms with Crippen molar-refractivity contribution in [3.8, 4) is 0 Å². The summed E-state index contributed by atoms with van der Waals surface area (Å²) in [5.41, 5.74) is 0. The monoisotopic (exact) mass is 943 g/mol. The summed E-state index contributed by atoms with van der Waals surface area (Å²) in [7, 11) is 0. The van der Waals surface area contributed by atoms with Crippen LogP contribution in [0.1, 0.15) is 258 Å². The molecule has 0 saturated heterocycles. The SMILES string of the molecule is CC/C=C\C/C=C\C/C=C\C/C=C\C/C=C\C/C=C\C/C=C\C/C=C\CCCCCCC(=O)OC(CO)COC(=O)CCCCCCCCCCCCCCC/C=C\CCCCCCCCCC. The number of aliphatic hydroxyl groups is 1. The first-order valence-corrected chi connectivity index (χ1v) is 28.4. The van der Waals surface area contributed by atoms with Crippen molar-refractivity contribution in [2.75, 3.05) is 13.2 Å². The fraction of sp³-hybridized carbons (Fsp3) is 0.683. The van der Waals surface area contributed by atoms with E-state index in [4.69, 9.17) is 9.47 Å². The maximum atomic E-state index is 12.3. The number of carbonyl (C=O) groups is 2. The lowest BCUT2D eigenvalue weighted by Gasteiger charge is -2.15. The molecule has 68 heavy (non-hydrogen) atoms. The molecule has 0 aliphatic heterocycles. The fourth-order valence-corrected chi connectivity index (χ4v) is 7.80. The minimum Gasteiger partial charge on any atom is -0.462 e. The number of hydrogen-bond acceptors (Lipinski definition) is 5. The molecule has 1 unspecified atom stereocenters. The molecule has 5 heteroatoms. The van der Waals surface area contributed by atoms with Gasteiger partial charge < -0.3 is 14.6 Å². The lowest BCUT2D eigenvalue weighted by Crippen LogP contribution is -2.28. The van der Waals surface area contributed by atoms with Gasteiger partial charge in [0.1, 0.15) is 6.61 Å². The number of ether oxygens (including phenoxy) is 2. The molecule has 0 saturated carbocycles. The Bertz CT molecular complexity index is 1340. The summed E-state index contributed by atoms with van der Waals surface area (Å²) in [5.74, 6) is -0.620. The van der Waals surface area contributed by atoms with Crippen LogP contribution >= 0.6 is 0 Å². The quantitative estimate of drug-likeness (QED) is 0.0374. The van der Waals surface area contributed by atoms with Crippen LogP contribution in [0.15, 0.2) is 109 Å². The van der Waals surface area contributed by atoms with E-state index >= 15 is 0 Å². The van der Waals surface area contributed by atoms with Gasteiger partial charge in [-0.05, 0) is 103 Å². The van der Waals surface area contributed by atoms with E-state index in [1.807, 2.05) is 0 Å². The molecule has 1 N–H and O–H groups in total. The van der Waals surface area contributed by atoms with E-state index in [2.05, 4.69) is 123 Å². The van der Waals surface area contributed by atoms with Crippen molar-refractivity contribution in [1.29, 1.82) is 0 Å².